The Morgan fingerprint density at radius 1 is 1.33 bits per heavy atom. The number of hydrogen-bond acceptors (Lipinski definition) is 4. The Bertz CT molecular complexity index is 606. The lowest BCUT2D eigenvalue weighted by atomic mass is 10.3. The van der Waals surface area contributed by atoms with E-state index in [9.17, 15) is 0 Å². The third kappa shape index (κ3) is 3.07. The molecule has 2 aromatic rings. The van der Waals surface area contributed by atoms with E-state index in [-0.39, 0.29) is 11.5 Å². The van der Waals surface area contributed by atoms with E-state index in [0.717, 1.165) is 29.1 Å². The standard InChI is InChI=1S/C14H23ClN4O2/c1-6-11-12-14(18(3)17-11)19(13(16-12)9(2)15)7-10(21-5)8-20-4/h9-10H,6-8H2,1-5H3. The third-order valence-corrected chi connectivity index (χ3v) is 3.78. The number of halogens is 1. The van der Waals surface area contributed by atoms with Gasteiger partial charge in [-0.15, -0.1) is 11.6 Å². The van der Waals surface area contributed by atoms with Gasteiger partial charge in [-0.3, -0.25) is 4.68 Å². The van der Waals surface area contributed by atoms with Gasteiger partial charge in [-0.25, -0.2) is 4.98 Å². The maximum absolute atomic E-state index is 6.30. The lowest BCUT2D eigenvalue weighted by molar-refractivity contribution is 0.0184. The van der Waals surface area contributed by atoms with Gasteiger partial charge in [0.25, 0.3) is 0 Å². The van der Waals surface area contributed by atoms with E-state index < -0.39 is 0 Å². The Balaban J connectivity index is 2.52. The minimum absolute atomic E-state index is 0.0541. The quantitative estimate of drug-likeness (QED) is 0.736. The Morgan fingerprint density at radius 2 is 2.05 bits per heavy atom. The number of ether oxygens (including phenoxy) is 2. The van der Waals surface area contributed by atoms with E-state index >= 15 is 0 Å². The number of fused-ring (bicyclic) bond motifs is 1. The van der Waals surface area contributed by atoms with E-state index in [1.807, 2.05) is 18.7 Å². The first-order chi connectivity index (χ1) is 10.0. The van der Waals surface area contributed by atoms with Crippen LogP contribution in [0.2, 0.25) is 0 Å². The van der Waals surface area contributed by atoms with Crippen molar-refractivity contribution in [3.05, 3.63) is 11.5 Å². The summed E-state index contributed by atoms with van der Waals surface area (Å²) in [5.74, 6) is 0.840. The Morgan fingerprint density at radius 3 is 2.57 bits per heavy atom. The van der Waals surface area contributed by atoms with Gasteiger partial charge in [0.15, 0.2) is 5.65 Å². The van der Waals surface area contributed by atoms with E-state index in [0.29, 0.717) is 13.2 Å². The molecule has 118 valence electrons. The normalized spacial score (nSPS) is 14.8. The van der Waals surface area contributed by atoms with Gasteiger partial charge in [0.2, 0.25) is 0 Å². The molecule has 2 atom stereocenters. The number of nitrogens with zero attached hydrogens (tertiary/aromatic N) is 4. The second kappa shape index (κ2) is 6.77. The van der Waals surface area contributed by atoms with E-state index in [1.54, 1.807) is 14.2 Å². The van der Waals surface area contributed by atoms with Crippen LogP contribution in [0.15, 0.2) is 0 Å². The summed E-state index contributed by atoms with van der Waals surface area (Å²) in [6, 6.07) is 0. The van der Waals surface area contributed by atoms with Crippen molar-refractivity contribution < 1.29 is 9.47 Å². The molecule has 21 heavy (non-hydrogen) atoms. The molecule has 2 heterocycles. The molecule has 0 aliphatic carbocycles. The van der Waals surface area contributed by atoms with Crippen molar-refractivity contribution in [2.75, 3.05) is 20.8 Å². The third-order valence-electron chi connectivity index (χ3n) is 3.58. The summed E-state index contributed by atoms with van der Waals surface area (Å²) in [6.45, 7) is 5.16. The fraction of sp³-hybridized carbons (Fsp3) is 0.714. The molecule has 0 radical (unpaired) electrons. The first-order valence-electron chi connectivity index (χ1n) is 7.11. The van der Waals surface area contributed by atoms with Gasteiger partial charge in [0.05, 0.1) is 30.3 Å². The van der Waals surface area contributed by atoms with Gasteiger partial charge < -0.3 is 14.0 Å². The lowest BCUT2D eigenvalue weighted by Gasteiger charge is -2.18. The van der Waals surface area contributed by atoms with Gasteiger partial charge in [0.1, 0.15) is 11.3 Å². The zero-order valence-electron chi connectivity index (χ0n) is 13.3. The van der Waals surface area contributed by atoms with Crippen molar-refractivity contribution in [2.45, 2.75) is 38.3 Å². The highest BCUT2D eigenvalue weighted by Crippen LogP contribution is 2.27. The summed E-state index contributed by atoms with van der Waals surface area (Å²) >= 11 is 6.30. The summed E-state index contributed by atoms with van der Waals surface area (Å²) in [5, 5.41) is 4.35. The number of methoxy groups -OCH3 is 2. The van der Waals surface area contributed by atoms with Crippen LogP contribution in [0.1, 0.15) is 30.7 Å². The molecule has 7 heteroatoms. The van der Waals surface area contributed by atoms with Crippen molar-refractivity contribution in [1.82, 2.24) is 19.3 Å². The zero-order valence-corrected chi connectivity index (χ0v) is 14.0. The number of aryl methyl sites for hydroxylation is 2. The Hall–Kier alpha value is -1.11. The minimum Gasteiger partial charge on any atom is -0.382 e. The second-order valence-electron chi connectivity index (χ2n) is 5.11. The number of imidazole rings is 1. The van der Waals surface area contributed by atoms with Crippen LogP contribution in [0.5, 0.6) is 0 Å². The average molecular weight is 315 g/mol. The SMILES string of the molecule is CCc1nn(C)c2c1nc(C(C)Cl)n2CC(COC)OC. The number of aromatic nitrogens is 4. The van der Waals surface area contributed by atoms with Crippen LogP contribution in [0.4, 0.5) is 0 Å². The fourth-order valence-corrected chi connectivity index (χ4v) is 2.73. The smallest absolute Gasteiger partial charge is 0.158 e. The molecule has 0 aliphatic rings. The summed E-state index contributed by atoms with van der Waals surface area (Å²) < 4.78 is 14.6. The fourth-order valence-electron chi connectivity index (χ4n) is 2.57. The molecule has 0 spiro atoms. The summed E-state index contributed by atoms with van der Waals surface area (Å²) in [7, 11) is 5.28. The summed E-state index contributed by atoms with van der Waals surface area (Å²) in [6.07, 6.45) is 0.789. The molecular weight excluding hydrogens is 292 g/mol. The highest BCUT2D eigenvalue weighted by molar-refractivity contribution is 6.20. The Labute approximate surface area is 130 Å². The first kappa shape index (κ1) is 16.3. The number of hydrogen-bond donors (Lipinski definition) is 0. The molecule has 0 saturated heterocycles. The summed E-state index contributed by atoms with van der Waals surface area (Å²) in [5.41, 5.74) is 2.90. The van der Waals surface area contributed by atoms with Crippen molar-refractivity contribution in [1.29, 1.82) is 0 Å². The number of rotatable bonds is 7. The van der Waals surface area contributed by atoms with Crippen LogP contribution in [0.3, 0.4) is 0 Å². The topological polar surface area (TPSA) is 54.1 Å². The van der Waals surface area contributed by atoms with Crippen LogP contribution in [-0.4, -0.2) is 46.3 Å². The molecule has 2 rings (SSSR count). The molecular formula is C14H23ClN4O2. The maximum atomic E-state index is 6.30. The minimum atomic E-state index is -0.179. The Kier molecular flexibility index (Phi) is 5.24. The van der Waals surface area contributed by atoms with E-state index in [2.05, 4.69) is 16.6 Å². The van der Waals surface area contributed by atoms with Crippen LogP contribution >= 0.6 is 11.6 Å². The monoisotopic (exact) mass is 314 g/mol. The summed E-state index contributed by atoms with van der Waals surface area (Å²) in [4.78, 5) is 4.70. The zero-order chi connectivity index (χ0) is 15.6. The maximum Gasteiger partial charge on any atom is 0.158 e. The van der Waals surface area contributed by atoms with E-state index in [1.165, 1.54) is 0 Å². The van der Waals surface area contributed by atoms with Crippen LogP contribution in [0.25, 0.3) is 11.2 Å². The average Bonchev–Trinajstić information content (AvgIpc) is 2.97. The molecule has 2 aromatic heterocycles. The molecule has 0 amide bonds. The first-order valence-corrected chi connectivity index (χ1v) is 7.54. The second-order valence-corrected chi connectivity index (χ2v) is 5.76. The van der Waals surface area contributed by atoms with Gasteiger partial charge in [0, 0.05) is 21.3 Å². The predicted octanol–water partition coefficient (Wildman–Crippen LogP) is 2.29. The number of alkyl halides is 1. The molecule has 0 saturated carbocycles. The van der Waals surface area contributed by atoms with Gasteiger partial charge in [-0.05, 0) is 13.3 Å². The van der Waals surface area contributed by atoms with E-state index in [4.69, 9.17) is 26.1 Å². The molecule has 0 aliphatic heterocycles. The molecule has 2 unspecified atom stereocenters. The van der Waals surface area contributed by atoms with Gasteiger partial charge >= 0.3 is 0 Å². The van der Waals surface area contributed by atoms with Crippen molar-refractivity contribution in [3.8, 4) is 0 Å². The highest BCUT2D eigenvalue weighted by atomic mass is 35.5. The van der Waals surface area contributed by atoms with Gasteiger partial charge in [-0.1, -0.05) is 6.92 Å². The molecule has 0 aromatic carbocycles. The largest absolute Gasteiger partial charge is 0.382 e. The van der Waals surface area contributed by atoms with Crippen LogP contribution in [0, 0.1) is 0 Å². The highest BCUT2D eigenvalue weighted by Gasteiger charge is 2.23. The van der Waals surface area contributed by atoms with Crippen molar-refractivity contribution in [2.24, 2.45) is 7.05 Å². The molecule has 0 N–H and O–H groups in total. The van der Waals surface area contributed by atoms with Crippen LogP contribution in [-0.2, 0) is 29.5 Å². The molecule has 0 bridgehead atoms. The lowest BCUT2D eigenvalue weighted by Crippen LogP contribution is -2.25. The molecule has 0 fully saturated rings. The van der Waals surface area contributed by atoms with Gasteiger partial charge in [-0.2, -0.15) is 5.10 Å². The predicted molar refractivity (Wildman–Crippen MR) is 82.8 cm³/mol. The van der Waals surface area contributed by atoms with Crippen molar-refractivity contribution >= 4 is 22.8 Å². The molecule has 6 nitrogen and oxygen atoms in total. The van der Waals surface area contributed by atoms with Crippen LogP contribution < -0.4 is 0 Å². The van der Waals surface area contributed by atoms with Crippen molar-refractivity contribution in [3.63, 3.8) is 0 Å².